The van der Waals surface area contributed by atoms with Crippen LogP contribution in [0, 0.1) is 0 Å². The summed E-state index contributed by atoms with van der Waals surface area (Å²) in [7, 11) is 0. The molecule has 0 N–H and O–H groups in total. The molecule has 0 saturated heterocycles. The minimum absolute atomic E-state index is 0.539. The van der Waals surface area contributed by atoms with Crippen LogP contribution in [-0.2, 0) is 0 Å². The number of halogens is 1. The smallest absolute Gasteiger partial charge is 0.164 e. The van der Waals surface area contributed by atoms with Crippen LogP contribution >= 0.6 is 11.6 Å². The van der Waals surface area contributed by atoms with Crippen LogP contribution in [0.15, 0.2) is 118 Å². The highest BCUT2D eigenvalue weighted by Gasteiger charge is 2.20. The van der Waals surface area contributed by atoms with Gasteiger partial charge in [0.15, 0.2) is 23.1 Å². The maximum atomic E-state index is 6.57. The molecule has 184 valence electrons. The summed E-state index contributed by atoms with van der Waals surface area (Å²) in [5.41, 5.74) is 5.56. The van der Waals surface area contributed by atoms with Gasteiger partial charge < -0.3 is 8.83 Å². The average molecular weight is 524 g/mol. The summed E-state index contributed by atoms with van der Waals surface area (Å²) < 4.78 is 12.3. The predicted octanol–water partition coefficient (Wildman–Crippen LogP) is 9.32. The monoisotopic (exact) mass is 523 g/mol. The Morgan fingerprint density at radius 3 is 1.95 bits per heavy atom. The van der Waals surface area contributed by atoms with Gasteiger partial charge in [-0.3, -0.25) is 0 Å². The first kappa shape index (κ1) is 22.0. The fraction of sp³-hybridized carbons (Fsp3) is 0. The van der Waals surface area contributed by atoms with Crippen molar-refractivity contribution in [2.45, 2.75) is 0 Å². The van der Waals surface area contributed by atoms with Gasteiger partial charge in [0.05, 0.1) is 5.02 Å². The first-order chi connectivity index (χ1) is 19.2. The molecule has 8 rings (SSSR count). The molecular weight excluding hydrogens is 506 g/mol. The zero-order valence-corrected chi connectivity index (χ0v) is 21.2. The number of para-hydroxylation sites is 2. The third kappa shape index (κ3) is 3.51. The van der Waals surface area contributed by atoms with Crippen molar-refractivity contribution < 1.29 is 8.83 Å². The van der Waals surface area contributed by atoms with E-state index in [2.05, 4.69) is 12.1 Å². The second-order valence-corrected chi connectivity index (χ2v) is 9.79. The highest BCUT2D eigenvalue weighted by Crippen LogP contribution is 2.40. The van der Waals surface area contributed by atoms with E-state index in [1.807, 2.05) is 97.1 Å². The molecule has 5 aromatic carbocycles. The van der Waals surface area contributed by atoms with Crippen molar-refractivity contribution in [1.82, 2.24) is 15.0 Å². The van der Waals surface area contributed by atoms with E-state index in [1.165, 1.54) is 0 Å². The van der Waals surface area contributed by atoms with Crippen LogP contribution in [0.1, 0.15) is 0 Å². The lowest BCUT2D eigenvalue weighted by Crippen LogP contribution is -2.00. The van der Waals surface area contributed by atoms with Crippen molar-refractivity contribution >= 4 is 55.5 Å². The van der Waals surface area contributed by atoms with E-state index in [0.717, 1.165) is 55.0 Å². The highest BCUT2D eigenvalue weighted by atomic mass is 35.5. The minimum Gasteiger partial charge on any atom is -0.456 e. The van der Waals surface area contributed by atoms with Crippen molar-refractivity contribution in [3.8, 4) is 34.2 Å². The Kier molecular flexibility index (Phi) is 4.81. The lowest BCUT2D eigenvalue weighted by atomic mass is 10.1. The van der Waals surface area contributed by atoms with E-state index in [0.29, 0.717) is 28.1 Å². The standard InChI is InChI=1S/C33H18ClN3O2/c34-25-17-16-24(29-23-11-5-7-13-27(23)39-30(25)29)33-36-31(19-8-2-1-3-9-19)35-32(37-33)20-14-15-22-21-10-4-6-12-26(21)38-28(22)18-20/h1-18H. The Morgan fingerprint density at radius 2 is 1.13 bits per heavy atom. The van der Waals surface area contributed by atoms with Crippen molar-refractivity contribution in [2.24, 2.45) is 0 Å². The van der Waals surface area contributed by atoms with Crippen LogP contribution in [-0.4, -0.2) is 15.0 Å². The number of hydrogen-bond donors (Lipinski definition) is 0. The molecule has 39 heavy (non-hydrogen) atoms. The number of aromatic nitrogens is 3. The van der Waals surface area contributed by atoms with Gasteiger partial charge in [0.1, 0.15) is 16.7 Å². The van der Waals surface area contributed by atoms with Crippen LogP contribution in [0.4, 0.5) is 0 Å². The Morgan fingerprint density at radius 1 is 0.487 bits per heavy atom. The van der Waals surface area contributed by atoms with Crippen LogP contribution in [0.3, 0.4) is 0 Å². The van der Waals surface area contributed by atoms with Gasteiger partial charge in [-0.05, 0) is 36.4 Å². The summed E-state index contributed by atoms with van der Waals surface area (Å²) in [6, 6.07) is 35.7. The van der Waals surface area contributed by atoms with Crippen LogP contribution in [0.25, 0.3) is 78.0 Å². The summed E-state index contributed by atoms with van der Waals surface area (Å²) in [4.78, 5) is 14.8. The second kappa shape index (κ2) is 8.51. The van der Waals surface area contributed by atoms with Gasteiger partial charge in [-0.2, -0.15) is 0 Å². The van der Waals surface area contributed by atoms with Gasteiger partial charge in [0, 0.05) is 38.2 Å². The molecule has 0 aliphatic heterocycles. The maximum Gasteiger partial charge on any atom is 0.164 e. The fourth-order valence-electron chi connectivity index (χ4n) is 5.19. The Hall–Kier alpha value is -5.00. The summed E-state index contributed by atoms with van der Waals surface area (Å²) >= 11 is 6.57. The highest BCUT2D eigenvalue weighted by molar-refractivity contribution is 6.36. The van der Waals surface area contributed by atoms with Gasteiger partial charge in [-0.15, -0.1) is 0 Å². The van der Waals surface area contributed by atoms with Gasteiger partial charge in [0.25, 0.3) is 0 Å². The topological polar surface area (TPSA) is 65.0 Å². The van der Waals surface area contributed by atoms with Crippen LogP contribution < -0.4 is 0 Å². The first-order valence-corrected chi connectivity index (χ1v) is 12.9. The summed E-state index contributed by atoms with van der Waals surface area (Å²) in [5, 5.41) is 4.50. The number of nitrogens with zero attached hydrogens (tertiary/aromatic N) is 3. The van der Waals surface area contributed by atoms with Crippen molar-refractivity contribution in [2.75, 3.05) is 0 Å². The van der Waals surface area contributed by atoms with E-state index >= 15 is 0 Å². The number of benzene rings is 5. The molecule has 6 heteroatoms. The molecule has 0 atom stereocenters. The van der Waals surface area contributed by atoms with Crippen LogP contribution in [0.5, 0.6) is 0 Å². The molecule has 0 amide bonds. The maximum absolute atomic E-state index is 6.57. The van der Waals surface area contributed by atoms with Gasteiger partial charge in [0.2, 0.25) is 0 Å². The first-order valence-electron chi connectivity index (χ1n) is 12.6. The third-order valence-electron chi connectivity index (χ3n) is 7.02. The molecule has 0 radical (unpaired) electrons. The molecular formula is C33H18ClN3O2. The minimum atomic E-state index is 0.539. The average Bonchev–Trinajstić information content (AvgIpc) is 3.57. The van der Waals surface area contributed by atoms with E-state index in [-0.39, 0.29) is 0 Å². The summed E-state index contributed by atoms with van der Waals surface area (Å²) in [6.07, 6.45) is 0. The molecule has 0 unspecified atom stereocenters. The fourth-order valence-corrected chi connectivity index (χ4v) is 5.39. The zero-order valence-electron chi connectivity index (χ0n) is 20.4. The predicted molar refractivity (Wildman–Crippen MR) is 156 cm³/mol. The Labute approximate surface area is 227 Å². The molecule has 0 aliphatic rings. The molecule has 0 spiro atoms. The molecule has 5 nitrogen and oxygen atoms in total. The SMILES string of the molecule is Clc1ccc(-c2nc(-c3ccccc3)nc(-c3ccc4c(c3)oc3ccccc34)n2)c2c1oc1ccccc12. The third-order valence-corrected chi connectivity index (χ3v) is 7.32. The second-order valence-electron chi connectivity index (χ2n) is 9.38. The lowest BCUT2D eigenvalue weighted by molar-refractivity contribution is 0.668. The van der Waals surface area contributed by atoms with Crippen molar-refractivity contribution in [3.63, 3.8) is 0 Å². The van der Waals surface area contributed by atoms with E-state index in [4.69, 9.17) is 35.4 Å². The molecule has 0 fully saturated rings. The van der Waals surface area contributed by atoms with Crippen molar-refractivity contribution in [3.05, 3.63) is 114 Å². The quantitative estimate of drug-likeness (QED) is 0.231. The molecule has 3 heterocycles. The largest absolute Gasteiger partial charge is 0.456 e. The normalized spacial score (nSPS) is 11.7. The van der Waals surface area contributed by atoms with E-state index in [9.17, 15) is 0 Å². The number of furan rings is 2. The molecule has 0 aliphatic carbocycles. The van der Waals surface area contributed by atoms with E-state index in [1.54, 1.807) is 0 Å². The molecule has 0 saturated carbocycles. The summed E-state index contributed by atoms with van der Waals surface area (Å²) in [6.45, 7) is 0. The lowest BCUT2D eigenvalue weighted by Gasteiger charge is -2.09. The van der Waals surface area contributed by atoms with Crippen LogP contribution in [0.2, 0.25) is 5.02 Å². The molecule has 8 aromatic rings. The van der Waals surface area contributed by atoms with E-state index < -0.39 is 0 Å². The molecule has 0 bridgehead atoms. The van der Waals surface area contributed by atoms with Gasteiger partial charge in [-0.25, -0.2) is 15.0 Å². The van der Waals surface area contributed by atoms with Gasteiger partial charge >= 0.3 is 0 Å². The summed E-state index contributed by atoms with van der Waals surface area (Å²) in [5.74, 6) is 1.67. The molecule has 3 aromatic heterocycles. The van der Waals surface area contributed by atoms with Gasteiger partial charge in [-0.1, -0.05) is 84.4 Å². The number of hydrogen-bond acceptors (Lipinski definition) is 5. The zero-order chi connectivity index (χ0) is 25.9. The van der Waals surface area contributed by atoms with Crippen molar-refractivity contribution in [1.29, 1.82) is 0 Å². The number of rotatable bonds is 3. The Bertz CT molecular complexity index is 2200. The number of fused-ring (bicyclic) bond motifs is 6. The Balaban J connectivity index is 1.40.